The number of fused-ring (bicyclic) bond motifs is 1. The number of esters is 1. The molecular weight excluding hydrogens is 320 g/mol. The molecule has 25 heavy (non-hydrogen) atoms. The number of nitrogens with one attached hydrogen (secondary N) is 2. The van der Waals surface area contributed by atoms with Gasteiger partial charge in [0.15, 0.2) is 5.78 Å². The largest absolute Gasteiger partial charge is 0.507 e. The lowest BCUT2D eigenvalue weighted by Crippen LogP contribution is -2.01. The van der Waals surface area contributed by atoms with E-state index < -0.39 is 0 Å². The minimum absolute atomic E-state index is 0.0538. The van der Waals surface area contributed by atoms with Crippen LogP contribution in [0.1, 0.15) is 46.7 Å². The summed E-state index contributed by atoms with van der Waals surface area (Å²) in [4.78, 5) is 29.5. The van der Waals surface area contributed by atoms with Gasteiger partial charge >= 0.3 is 5.97 Å². The Kier molecular flexibility index (Phi) is 4.35. The average molecular weight is 340 g/mol. The van der Waals surface area contributed by atoms with E-state index in [0.717, 1.165) is 27.7 Å². The van der Waals surface area contributed by atoms with Crippen LogP contribution in [0.3, 0.4) is 0 Å². The number of ether oxygens (including phenoxy) is 1. The van der Waals surface area contributed by atoms with Crippen molar-refractivity contribution in [1.29, 1.82) is 0 Å². The zero-order chi connectivity index (χ0) is 18.1. The van der Waals surface area contributed by atoms with Gasteiger partial charge in [-0.05, 0) is 37.1 Å². The Morgan fingerprint density at radius 2 is 1.96 bits per heavy atom. The van der Waals surface area contributed by atoms with Crippen molar-refractivity contribution in [1.82, 2.24) is 9.97 Å². The van der Waals surface area contributed by atoms with Crippen molar-refractivity contribution in [2.45, 2.75) is 33.8 Å². The number of hydrogen-bond donors (Lipinski definition) is 3. The predicted molar refractivity (Wildman–Crippen MR) is 93.8 cm³/mol. The van der Waals surface area contributed by atoms with Gasteiger partial charge in [0, 0.05) is 41.7 Å². The van der Waals surface area contributed by atoms with Crippen molar-refractivity contribution >= 4 is 22.7 Å². The van der Waals surface area contributed by atoms with Gasteiger partial charge in [0.2, 0.25) is 0 Å². The molecule has 0 atom stereocenters. The second kappa shape index (κ2) is 6.47. The predicted octanol–water partition coefficient (Wildman–Crippen LogP) is 3.37. The van der Waals surface area contributed by atoms with E-state index in [-0.39, 0.29) is 24.1 Å². The van der Waals surface area contributed by atoms with Crippen molar-refractivity contribution in [2.24, 2.45) is 0 Å². The molecule has 3 aromatic rings. The van der Waals surface area contributed by atoms with Crippen molar-refractivity contribution in [2.75, 3.05) is 0 Å². The molecule has 0 unspecified atom stereocenters. The van der Waals surface area contributed by atoms with Gasteiger partial charge in [0.1, 0.15) is 12.4 Å². The van der Waals surface area contributed by atoms with Crippen molar-refractivity contribution in [3.63, 3.8) is 0 Å². The second-order valence-corrected chi connectivity index (χ2v) is 6.11. The van der Waals surface area contributed by atoms with Crippen LogP contribution < -0.4 is 0 Å². The third-order valence-electron chi connectivity index (χ3n) is 4.34. The van der Waals surface area contributed by atoms with Gasteiger partial charge in [-0.3, -0.25) is 9.59 Å². The molecule has 6 heteroatoms. The minimum atomic E-state index is -0.374. The number of H-pyrrole nitrogens is 2. The summed E-state index contributed by atoms with van der Waals surface area (Å²) in [6.07, 6.45) is 2.28. The molecule has 0 aliphatic heterocycles. The Morgan fingerprint density at radius 3 is 2.64 bits per heavy atom. The van der Waals surface area contributed by atoms with E-state index in [1.165, 1.54) is 13.8 Å². The number of phenols is 1. The molecule has 0 saturated carbocycles. The van der Waals surface area contributed by atoms with Gasteiger partial charge in [-0.15, -0.1) is 0 Å². The smallest absolute Gasteiger partial charge is 0.303 e. The second-order valence-electron chi connectivity index (χ2n) is 6.11. The summed E-state index contributed by atoms with van der Waals surface area (Å²) in [6, 6.07) is 5.29. The highest BCUT2D eigenvalue weighted by molar-refractivity contribution is 5.97. The fourth-order valence-electron chi connectivity index (χ4n) is 3.21. The Morgan fingerprint density at radius 1 is 1.20 bits per heavy atom. The molecule has 3 N–H and O–H groups in total. The number of hydrogen-bond acceptors (Lipinski definition) is 4. The van der Waals surface area contributed by atoms with Crippen LogP contribution in [0.2, 0.25) is 0 Å². The molecule has 0 aliphatic carbocycles. The first kappa shape index (κ1) is 16.8. The van der Waals surface area contributed by atoms with Gasteiger partial charge < -0.3 is 19.8 Å². The van der Waals surface area contributed by atoms with Crippen molar-refractivity contribution < 1.29 is 19.4 Å². The summed E-state index contributed by atoms with van der Waals surface area (Å²) in [6.45, 7) is 4.80. The van der Waals surface area contributed by atoms with Gasteiger partial charge in [-0.2, -0.15) is 0 Å². The molecule has 1 aromatic carbocycles. The molecule has 3 rings (SSSR count). The third-order valence-corrected chi connectivity index (χ3v) is 4.34. The van der Waals surface area contributed by atoms with Crippen LogP contribution in [0.25, 0.3) is 10.9 Å². The number of benzene rings is 1. The van der Waals surface area contributed by atoms with E-state index in [1.807, 2.05) is 19.2 Å². The molecule has 0 saturated heterocycles. The molecule has 0 spiro atoms. The number of phenolic OH excluding ortho intramolecular Hbond substituents is 1. The molecule has 130 valence electrons. The zero-order valence-electron chi connectivity index (χ0n) is 14.4. The van der Waals surface area contributed by atoms with Crippen LogP contribution in [-0.2, 0) is 22.6 Å². The number of aromatic hydroxyl groups is 1. The van der Waals surface area contributed by atoms with E-state index in [4.69, 9.17) is 4.74 Å². The summed E-state index contributed by atoms with van der Waals surface area (Å²) in [5.74, 6) is -0.232. The number of aromatic amines is 2. The number of carbonyl (C=O) groups is 2. The van der Waals surface area contributed by atoms with E-state index in [1.54, 1.807) is 12.1 Å². The number of carbonyl (C=O) groups excluding carboxylic acids is 2. The van der Waals surface area contributed by atoms with Gasteiger partial charge in [-0.1, -0.05) is 6.07 Å². The molecule has 6 nitrogen and oxygen atoms in total. The minimum Gasteiger partial charge on any atom is -0.507 e. The van der Waals surface area contributed by atoms with Gasteiger partial charge in [0.25, 0.3) is 0 Å². The lowest BCUT2D eigenvalue weighted by molar-refractivity contribution is -0.142. The van der Waals surface area contributed by atoms with E-state index >= 15 is 0 Å². The zero-order valence-corrected chi connectivity index (χ0v) is 14.4. The summed E-state index contributed by atoms with van der Waals surface area (Å²) < 4.78 is 5.05. The van der Waals surface area contributed by atoms with Gasteiger partial charge in [-0.25, -0.2) is 0 Å². The lowest BCUT2D eigenvalue weighted by atomic mass is 10.0. The fourth-order valence-corrected chi connectivity index (χ4v) is 3.21. The number of rotatable bonds is 5. The number of aromatic nitrogens is 2. The number of ketones is 1. The summed E-state index contributed by atoms with van der Waals surface area (Å²) in [5.41, 5.74) is 4.56. The lowest BCUT2D eigenvalue weighted by Gasteiger charge is -2.03. The fraction of sp³-hybridized carbons (Fsp3) is 0.263. The van der Waals surface area contributed by atoms with Crippen LogP contribution in [0.15, 0.2) is 24.4 Å². The maximum Gasteiger partial charge on any atom is 0.303 e. The third kappa shape index (κ3) is 3.15. The van der Waals surface area contributed by atoms with Crippen molar-refractivity contribution in [3.05, 3.63) is 52.5 Å². The maximum atomic E-state index is 12.1. The molecular formula is C19H20N2O4. The summed E-state index contributed by atoms with van der Waals surface area (Å²) >= 11 is 0. The molecule has 0 aliphatic rings. The summed E-state index contributed by atoms with van der Waals surface area (Å²) in [5, 5.41) is 10.9. The average Bonchev–Trinajstić information content (AvgIpc) is 3.08. The Hall–Kier alpha value is -3.02. The first-order chi connectivity index (χ1) is 11.9. The highest BCUT2D eigenvalue weighted by atomic mass is 16.5. The monoisotopic (exact) mass is 340 g/mol. The molecule has 2 heterocycles. The standard InChI is InChI=1S/C19H20N2O4/c1-10-16(9-25-12(3)23)21-15(18(10)11(2)22)7-13-8-20-14-5-4-6-17(24)19(13)14/h4-6,8,20-21,24H,7,9H2,1-3H3. The van der Waals surface area contributed by atoms with Gasteiger partial charge in [0.05, 0.1) is 5.69 Å². The van der Waals surface area contributed by atoms with E-state index in [9.17, 15) is 14.7 Å². The molecule has 0 fully saturated rings. The topological polar surface area (TPSA) is 95.2 Å². The highest BCUT2D eigenvalue weighted by Crippen LogP contribution is 2.30. The van der Waals surface area contributed by atoms with Crippen LogP contribution >= 0.6 is 0 Å². The normalized spacial score (nSPS) is 11.0. The SMILES string of the molecule is CC(=O)OCc1[nH]c(Cc2c[nH]c3cccc(O)c23)c(C(C)=O)c1C. The molecule has 2 aromatic heterocycles. The Bertz CT molecular complexity index is 965. The van der Waals surface area contributed by atoms with Crippen LogP contribution in [0.4, 0.5) is 0 Å². The van der Waals surface area contributed by atoms with Crippen molar-refractivity contribution in [3.8, 4) is 5.75 Å². The molecule has 0 amide bonds. The Balaban J connectivity index is 2.02. The first-order valence-corrected chi connectivity index (χ1v) is 8.01. The summed E-state index contributed by atoms with van der Waals surface area (Å²) in [7, 11) is 0. The van der Waals surface area contributed by atoms with Crippen LogP contribution in [-0.4, -0.2) is 26.8 Å². The van der Waals surface area contributed by atoms with Crippen LogP contribution in [0.5, 0.6) is 5.75 Å². The van der Waals surface area contributed by atoms with E-state index in [2.05, 4.69) is 9.97 Å². The first-order valence-electron chi connectivity index (χ1n) is 8.01. The van der Waals surface area contributed by atoms with Crippen LogP contribution in [0, 0.1) is 6.92 Å². The van der Waals surface area contributed by atoms with E-state index in [0.29, 0.717) is 17.7 Å². The maximum absolute atomic E-state index is 12.1. The highest BCUT2D eigenvalue weighted by Gasteiger charge is 2.20. The number of Topliss-reactive ketones (excluding diaryl/α,β-unsaturated/α-hetero) is 1. The molecule has 0 radical (unpaired) electrons. The molecule has 0 bridgehead atoms. The Labute approximate surface area is 144 Å². The quantitative estimate of drug-likeness (QED) is 0.490.